The number of hydrogen-bond donors (Lipinski definition) is 0. The van der Waals surface area contributed by atoms with Gasteiger partial charge in [-0.1, -0.05) is 6.92 Å². The summed E-state index contributed by atoms with van der Waals surface area (Å²) in [5.41, 5.74) is 2.33. The molecule has 3 heteroatoms. The Morgan fingerprint density at radius 3 is 3.00 bits per heavy atom. The first-order valence-electron chi connectivity index (χ1n) is 5.71. The molecular formula is C13H13NO2. The molecule has 2 aromatic rings. The Labute approximate surface area is 93.5 Å². The molecule has 1 aromatic heterocycles. The van der Waals surface area contributed by atoms with Crippen LogP contribution in [-0.4, -0.2) is 10.8 Å². The second-order valence-electron chi connectivity index (χ2n) is 4.28. The van der Waals surface area contributed by atoms with Crippen LogP contribution in [-0.2, 0) is 6.42 Å². The number of carbonyl (C=O) groups is 1. The molecule has 1 aromatic carbocycles. The first-order valence-corrected chi connectivity index (χ1v) is 5.71. The van der Waals surface area contributed by atoms with Gasteiger partial charge in [0.1, 0.15) is 5.52 Å². The zero-order valence-electron chi connectivity index (χ0n) is 9.19. The van der Waals surface area contributed by atoms with E-state index in [0.717, 1.165) is 41.8 Å². The van der Waals surface area contributed by atoms with Crippen molar-refractivity contribution in [2.75, 3.05) is 0 Å². The van der Waals surface area contributed by atoms with Crippen molar-refractivity contribution in [2.45, 2.75) is 26.2 Å². The summed E-state index contributed by atoms with van der Waals surface area (Å²) >= 11 is 0. The van der Waals surface area contributed by atoms with E-state index in [-0.39, 0.29) is 11.7 Å². The average Bonchev–Trinajstić information content (AvgIpc) is 3.06. The van der Waals surface area contributed by atoms with Crippen molar-refractivity contribution >= 4 is 16.9 Å². The van der Waals surface area contributed by atoms with Gasteiger partial charge in [0.15, 0.2) is 17.3 Å². The molecule has 1 heterocycles. The zero-order chi connectivity index (χ0) is 11.1. The minimum absolute atomic E-state index is 0.253. The van der Waals surface area contributed by atoms with Crippen LogP contribution < -0.4 is 0 Å². The van der Waals surface area contributed by atoms with Crippen LogP contribution in [0.15, 0.2) is 22.6 Å². The van der Waals surface area contributed by atoms with Gasteiger partial charge in [0, 0.05) is 17.9 Å². The average molecular weight is 215 g/mol. The standard InChI is InChI=1S/C13H13NO2/c1-2-12-14-10-7-9(5-6-11(10)16-12)13(15)8-3-4-8/h5-8H,2-4H2,1H3. The van der Waals surface area contributed by atoms with Gasteiger partial charge < -0.3 is 4.42 Å². The highest BCUT2D eigenvalue weighted by molar-refractivity contribution is 6.01. The summed E-state index contributed by atoms with van der Waals surface area (Å²) in [5.74, 6) is 1.24. The molecule has 0 spiro atoms. The van der Waals surface area contributed by atoms with E-state index in [9.17, 15) is 4.79 Å². The third-order valence-electron chi connectivity index (χ3n) is 2.97. The molecular weight excluding hydrogens is 202 g/mol. The van der Waals surface area contributed by atoms with Crippen LogP contribution in [0, 0.1) is 5.92 Å². The van der Waals surface area contributed by atoms with Gasteiger partial charge in [0.2, 0.25) is 0 Å². The normalized spacial score (nSPS) is 15.6. The number of rotatable bonds is 3. The monoisotopic (exact) mass is 215 g/mol. The van der Waals surface area contributed by atoms with E-state index in [1.165, 1.54) is 0 Å². The number of aromatic nitrogens is 1. The number of nitrogens with zero attached hydrogens (tertiary/aromatic N) is 1. The smallest absolute Gasteiger partial charge is 0.195 e. The van der Waals surface area contributed by atoms with Crippen LogP contribution in [0.25, 0.3) is 11.1 Å². The third-order valence-corrected chi connectivity index (χ3v) is 2.97. The Bertz CT molecular complexity index is 552. The van der Waals surface area contributed by atoms with Crippen LogP contribution in [0.4, 0.5) is 0 Å². The lowest BCUT2D eigenvalue weighted by atomic mass is 10.1. The second kappa shape index (κ2) is 3.44. The molecule has 82 valence electrons. The fraction of sp³-hybridized carbons (Fsp3) is 0.385. The van der Waals surface area contributed by atoms with Gasteiger partial charge in [-0.05, 0) is 31.0 Å². The van der Waals surface area contributed by atoms with Gasteiger partial charge in [-0.25, -0.2) is 4.98 Å². The predicted octanol–water partition coefficient (Wildman–Crippen LogP) is 2.98. The van der Waals surface area contributed by atoms with Crippen molar-refractivity contribution in [3.05, 3.63) is 29.7 Å². The van der Waals surface area contributed by atoms with Crippen molar-refractivity contribution < 1.29 is 9.21 Å². The first-order chi connectivity index (χ1) is 7.78. The van der Waals surface area contributed by atoms with Gasteiger partial charge in [0.05, 0.1) is 0 Å². The summed E-state index contributed by atoms with van der Waals surface area (Å²) in [6.07, 6.45) is 2.85. The Balaban J connectivity index is 2.03. The Morgan fingerprint density at radius 2 is 2.31 bits per heavy atom. The quantitative estimate of drug-likeness (QED) is 0.739. The lowest BCUT2D eigenvalue weighted by Gasteiger charge is -1.96. The molecule has 0 aliphatic heterocycles. The molecule has 0 unspecified atom stereocenters. The molecule has 3 nitrogen and oxygen atoms in total. The van der Waals surface area contributed by atoms with Crippen molar-refractivity contribution in [2.24, 2.45) is 5.92 Å². The third kappa shape index (κ3) is 1.52. The molecule has 0 amide bonds. The van der Waals surface area contributed by atoms with E-state index in [0.29, 0.717) is 0 Å². The van der Waals surface area contributed by atoms with E-state index in [1.807, 2.05) is 25.1 Å². The van der Waals surface area contributed by atoms with Gasteiger partial charge in [-0.15, -0.1) is 0 Å². The van der Waals surface area contributed by atoms with Crippen LogP contribution >= 0.6 is 0 Å². The van der Waals surface area contributed by atoms with E-state index in [2.05, 4.69) is 4.98 Å². The number of Topliss-reactive ketones (excluding diaryl/α,β-unsaturated/α-hetero) is 1. The molecule has 3 rings (SSSR count). The van der Waals surface area contributed by atoms with Crippen molar-refractivity contribution in [1.82, 2.24) is 4.98 Å². The van der Waals surface area contributed by atoms with Crippen molar-refractivity contribution in [1.29, 1.82) is 0 Å². The molecule has 0 N–H and O–H groups in total. The summed E-state index contributed by atoms with van der Waals surface area (Å²) in [6, 6.07) is 5.53. The summed E-state index contributed by atoms with van der Waals surface area (Å²) in [4.78, 5) is 16.2. The van der Waals surface area contributed by atoms with Gasteiger partial charge in [0.25, 0.3) is 0 Å². The molecule has 1 saturated carbocycles. The highest BCUT2D eigenvalue weighted by Crippen LogP contribution is 2.33. The number of hydrogen-bond acceptors (Lipinski definition) is 3. The highest BCUT2D eigenvalue weighted by atomic mass is 16.3. The van der Waals surface area contributed by atoms with E-state index >= 15 is 0 Å². The fourth-order valence-electron chi connectivity index (χ4n) is 1.86. The SMILES string of the molecule is CCc1nc2cc(C(=O)C3CC3)ccc2o1. The van der Waals surface area contributed by atoms with E-state index < -0.39 is 0 Å². The predicted molar refractivity (Wildman–Crippen MR) is 60.4 cm³/mol. The van der Waals surface area contributed by atoms with E-state index in [1.54, 1.807) is 0 Å². The van der Waals surface area contributed by atoms with Gasteiger partial charge in [-0.2, -0.15) is 0 Å². The lowest BCUT2D eigenvalue weighted by molar-refractivity contribution is 0.0968. The molecule has 0 radical (unpaired) electrons. The molecule has 0 bridgehead atoms. The summed E-state index contributed by atoms with van der Waals surface area (Å²) in [6.45, 7) is 2.00. The summed E-state index contributed by atoms with van der Waals surface area (Å²) in [7, 11) is 0. The maximum absolute atomic E-state index is 11.9. The lowest BCUT2D eigenvalue weighted by Crippen LogP contribution is -2.00. The fourth-order valence-corrected chi connectivity index (χ4v) is 1.86. The number of aryl methyl sites for hydroxylation is 1. The molecule has 0 saturated heterocycles. The highest BCUT2D eigenvalue weighted by Gasteiger charge is 2.30. The summed E-state index contributed by atoms with van der Waals surface area (Å²) in [5, 5.41) is 0. The van der Waals surface area contributed by atoms with Crippen molar-refractivity contribution in [3.63, 3.8) is 0 Å². The number of oxazole rings is 1. The minimum atomic E-state index is 0.253. The Kier molecular flexibility index (Phi) is 2.06. The molecule has 16 heavy (non-hydrogen) atoms. The summed E-state index contributed by atoms with van der Waals surface area (Å²) < 4.78 is 5.51. The van der Waals surface area contributed by atoms with Gasteiger partial charge in [-0.3, -0.25) is 4.79 Å². The molecule has 1 aliphatic carbocycles. The largest absolute Gasteiger partial charge is 0.441 e. The number of benzene rings is 1. The zero-order valence-corrected chi connectivity index (χ0v) is 9.19. The molecule has 0 atom stereocenters. The van der Waals surface area contributed by atoms with Crippen LogP contribution in [0.3, 0.4) is 0 Å². The Hall–Kier alpha value is -1.64. The Morgan fingerprint density at radius 1 is 1.50 bits per heavy atom. The topological polar surface area (TPSA) is 43.1 Å². The van der Waals surface area contributed by atoms with Crippen molar-refractivity contribution in [3.8, 4) is 0 Å². The maximum Gasteiger partial charge on any atom is 0.195 e. The second-order valence-corrected chi connectivity index (χ2v) is 4.28. The minimum Gasteiger partial charge on any atom is -0.441 e. The molecule has 1 fully saturated rings. The van der Waals surface area contributed by atoms with Gasteiger partial charge >= 0.3 is 0 Å². The van der Waals surface area contributed by atoms with Crippen LogP contribution in [0.5, 0.6) is 0 Å². The number of fused-ring (bicyclic) bond motifs is 1. The maximum atomic E-state index is 11.9. The molecule has 1 aliphatic rings. The first kappa shape index (κ1) is 9.58. The number of carbonyl (C=O) groups excluding carboxylic acids is 1. The van der Waals surface area contributed by atoms with Crippen LogP contribution in [0.2, 0.25) is 0 Å². The number of ketones is 1. The van der Waals surface area contributed by atoms with E-state index in [4.69, 9.17) is 4.42 Å². The van der Waals surface area contributed by atoms with Crippen LogP contribution in [0.1, 0.15) is 36.0 Å².